The van der Waals surface area contributed by atoms with Crippen molar-refractivity contribution in [2.24, 2.45) is 5.41 Å². The molecule has 2 aliphatic heterocycles. The van der Waals surface area contributed by atoms with Crippen LogP contribution in [0.25, 0.3) is 16.5 Å². The van der Waals surface area contributed by atoms with E-state index in [4.69, 9.17) is 4.74 Å². The quantitative estimate of drug-likeness (QED) is 0.302. The molecule has 0 bridgehead atoms. The van der Waals surface area contributed by atoms with Crippen LogP contribution in [0.1, 0.15) is 60.7 Å². The number of amides is 1. The second-order valence-electron chi connectivity index (χ2n) is 11.4. The lowest BCUT2D eigenvalue weighted by atomic mass is 9.77. The van der Waals surface area contributed by atoms with Gasteiger partial charge < -0.3 is 24.1 Å². The number of imidazole rings is 2. The Morgan fingerprint density at radius 1 is 1.17 bits per heavy atom. The predicted molar refractivity (Wildman–Crippen MR) is 150 cm³/mol. The predicted octanol–water partition coefficient (Wildman–Crippen LogP) is 5.46. The number of nitrogens with zero attached hydrogens (tertiary/aromatic N) is 7. The number of anilines is 2. The van der Waals surface area contributed by atoms with Crippen molar-refractivity contribution in [3.8, 4) is 16.5 Å². The number of ether oxygens (including phenoxy) is 1. The van der Waals surface area contributed by atoms with Gasteiger partial charge in [-0.05, 0) is 38.7 Å². The number of aromatic nitrogens is 6. The molecule has 10 nitrogen and oxygen atoms in total. The van der Waals surface area contributed by atoms with E-state index >= 15 is 0 Å². The highest BCUT2D eigenvalue weighted by molar-refractivity contribution is 7.13. The maximum atomic E-state index is 13.3. The fraction of sp³-hybridized carbons (Fsp3) is 0.464. The van der Waals surface area contributed by atoms with Crippen molar-refractivity contribution < 1.29 is 22.7 Å². The molecular weight excluding hydrogens is 569 g/mol. The summed E-state index contributed by atoms with van der Waals surface area (Å²) in [5, 5.41) is 4.58. The number of nitrogens with one attached hydrogen (secondary N) is 1. The number of hydrogen-bond acceptors (Lipinski definition) is 8. The summed E-state index contributed by atoms with van der Waals surface area (Å²) >= 11 is 1.10. The third kappa shape index (κ3) is 5.06. The Morgan fingerprint density at radius 3 is 2.64 bits per heavy atom. The Bertz CT molecular complexity index is 1610. The van der Waals surface area contributed by atoms with Gasteiger partial charge >= 0.3 is 6.18 Å². The van der Waals surface area contributed by atoms with Crippen LogP contribution in [-0.2, 0) is 4.74 Å². The molecule has 14 heteroatoms. The van der Waals surface area contributed by atoms with Gasteiger partial charge in [-0.25, -0.2) is 19.9 Å². The number of alkyl halides is 3. The zero-order valence-corrected chi connectivity index (χ0v) is 23.7. The fourth-order valence-electron chi connectivity index (χ4n) is 5.54. The summed E-state index contributed by atoms with van der Waals surface area (Å²) < 4.78 is 48.5. The van der Waals surface area contributed by atoms with Crippen LogP contribution in [0.3, 0.4) is 0 Å². The maximum Gasteiger partial charge on any atom is 0.408 e. The average molecular weight is 599 g/mol. The van der Waals surface area contributed by atoms with E-state index in [1.165, 1.54) is 12.4 Å². The highest BCUT2D eigenvalue weighted by Gasteiger charge is 2.42. The van der Waals surface area contributed by atoms with Gasteiger partial charge in [0.05, 0.1) is 42.8 Å². The first-order valence-corrected chi connectivity index (χ1v) is 14.8. The Hall–Kier alpha value is -3.78. The standard InChI is InChI=1S/C28H29F3N8O2S/c1-17(28(29,30)31)39-9-6-32-24(39)26-36-23(13-42-26)35-25(40)19-10-21(38-12-20(34-16-38)18-2-3-18)22(11-33-19)37-7-4-27(5-8-37)14-41-15-27/h6,9-13,16-18H,2-5,7-8,14-15H2,1H3,(H,35,40)/t17-/m0/s1. The second kappa shape index (κ2) is 10.2. The second-order valence-corrected chi connectivity index (χ2v) is 12.2. The molecule has 4 aromatic rings. The number of pyridine rings is 1. The van der Waals surface area contributed by atoms with Crippen LogP contribution in [0.4, 0.5) is 24.7 Å². The Labute approximate surface area is 243 Å². The van der Waals surface area contributed by atoms with Gasteiger partial charge in [-0.3, -0.25) is 4.79 Å². The SMILES string of the molecule is C[C@H](n1ccnc1-c1nc(NC(=O)c2cc(-n3cnc(C4CC4)c3)c(N3CCC4(CC3)COC4)cn2)cs1)C(F)(F)F. The van der Waals surface area contributed by atoms with Crippen molar-refractivity contribution in [1.29, 1.82) is 0 Å². The highest BCUT2D eigenvalue weighted by Crippen LogP contribution is 2.42. The third-order valence-electron chi connectivity index (χ3n) is 8.45. The zero-order valence-electron chi connectivity index (χ0n) is 22.8. The van der Waals surface area contributed by atoms with E-state index in [1.807, 2.05) is 10.8 Å². The minimum absolute atomic E-state index is 0.0819. The smallest absolute Gasteiger partial charge is 0.380 e. The summed E-state index contributed by atoms with van der Waals surface area (Å²) in [7, 11) is 0. The van der Waals surface area contributed by atoms with Crippen molar-refractivity contribution >= 4 is 28.7 Å². The van der Waals surface area contributed by atoms with Crippen molar-refractivity contribution in [1.82, 2.24) is 29.1 Å². The fourth-order valence-corrected chi connectivity index (χ4v) is 6.29. The molecule has 1 saturated carbocycles. The van der Waals surface area contributed by atoms with Crippen molar-refractivity contribution in [3.63, 3.8) is 0 Å². The molecule has 220 valence electrons. The van der Waals surface area contributed by atoms with Crippen LogP contribution in [-0.4, -0.2) is 67.5 Å². The number of rotatable bonds is 7. The summed E-state index contributed by atoms with van der Waals surface area (Å²) in [5.74, 6) is 0.308. The molecule has 1 atom stereocenters. The first kappa shape index (κ1) is 27.1. The van der Waals surface area contributed by atoms with Crippen molar-refractivity contribution in [3.05, 3.63) is 53.9 Å². The summed E-state index contributed by atoms with van der Waals surface area (Å²) in [5.41, 5.74) is 3.27. The van der Waals surface area contributed by atoms with E-state index in [1.54, 1.807) is 24.0 Å². The lowest BCUT2D eigenvalue weighted by molar-refractivity contribution is -0.162. The van der Waals surface area contributed by atoms with Crippen LogP contribution in [0.5, 0.6) is 0 Å². The number of carbonyl (C=O) groups excluding carboxylic acids is 1. The van der Waals surface area contributed by atoms with Gasteiger partial charge in [0.1, 0.15) is 17.6 Å². The van der Waals surface area contributed by atoms with E-state index in [0.717, 1.165) is 91.9 Å². The molecule has 0 aromatic carbocycles. The molecule has 7 rings (SSSR count). The molecule has 4 aromatic heterocycles. The molecule has 1 amide bonds. The number of halogens is 3. The first-order valence-electron chi connectivity index (χ1n) is 13.9. The van der Waals surface area contributed by atoms with Gasteiger partial charge in [-0.2, -0.15) is 13.2 Å². The molecule has 6 heterocycles. The van der Waals surface area contributed by atoms with E-state index in [2.05, 4.69) is 30.2 Å². The van der Waals surface area contributed by atoms with E-state index in [9.17, 15) is 18.0 Å². The number of carbonyl (C=O) groups is 1. The number of thiazole rings is 1. The normalized spacial score (nSPS) is 19.1. The van der Waals surface area contributed by atoms with Gasteiger partial charge in [0.2, 0.25) is 0 Å². The van der Waals surface area contributed by atoms with Gasteiger partial charge in [0, 0.05) is 48.4 Å². The largest absolute Gasteiger partial charge is 0.408 e. The zero-order chi connectivity index (χ0) is 29.1. The summed E-state index contributed by atoms with van der Waals surface area (Å²) in [6.45, 7) is 4.44. The lowest BCUT2D eigenvalue weighted by Crippen LogP contribution is -2.51. The van der Waals surface area contributed by atoms with E-state index < -0.39 is 18.1 Å². The molecule has 0 radical (unpaired) electrons. The third-order valence-corrected chi connectivity index (χ3v) is 9.29. The van der Waals surface area contributed by atoms with Gasteiger partial charge in [0.15, 0.2) is 10.8 Å². The molecule has 1 N–H and O–H groups in total. The Kier molecular flexibility index (Phi) is 6.57. The van der Waals surface area contributed by atoms with Gasteiger partial charge in [0.25, 0.3) is 5.91 Å². The molecular formula is C28H29F3N8O2S. The first-order chi connectivity index (χ1) is 20.2. The van der Waals surface area contributed by atoms with Crippen LogP contribution in [0, 0.1) is 5.41 Å². The van der Waals surface area contributed by atoms with Crippen LogP contribution >= 0.6 is 11.3 Å². The van der Waals surface area contributed by atoms with E-state index in [-0.39, 0.29) is 27.8 Å². The summed E-state index contributed by atoms with van der Waals surface area (Å²) in [6.07, 6.45) is 8.04. The average Bonchev–Trinajstić information content (AvgIpc) is 3.32. The van der Waals surface area contributed by atoms with Crippen LogP contribution < -0.4 is 10.2 Å². The highest BCUT2D eigenvalue weighted by atomic mass is 32.1. The molecule has 2 saturated heterocycles. The molecule has 1 aliphatic carbocycles. The molecule has 42 heavy (non-hydrogen) atoms. The molecule has 3 aliphatic rings. The molecule has 0 unspecified atom stereocenters. The number of hydrogen-bond donors (Lipinski definition) is 1. The van der Waals surface area contributed by atoms with Crippen molar-refractivity contribution in [2.45, 2.75) is 50.7 Å². The number of piperidine rings is 1. The topological polar surface area (TPSA) is 103 Å². The van der Waals surface area contributed by atoms with Crippen molar-refractivity contribution in [2.75, 3.05) is 36.5 Å². The van der Waals surface area contributed by atoms with Crippen LogP contribution in [0.15, 0.2) is 42.6 Å². The lowest BCUT2D eigenvalue weighted by Gasteiger charge is -2.48. The van der Waals surface area contributed by atoms with Crippen LogP contribution in [0.2, 0.25) is 0 Å². The Balaban J connectivity index is 1.13. The molecule has 1 spiro atoms. The summed E-state index contributed by atoms with van der Waals surface area (Å²) in [4.78, 5) is 33.2. The van der Waals surface area contributed by atoms with E-state index in [0.29, 0.717) is 5.92 Å². The Morgan fingerprint density at radius 2 is 1.95 bits per heavy atom. The molecule has 3 fully saturated rings. The van der Waals surface area contributed by atoms with Gasteiger partial charge in [-0.1, -0.05) is 0 Å². The minimum Gasteiger partial charge on any atom is -0.380 e. The minimum atomic E-state index is -4.44. The monoisotopic (exact) mass is 598 g/mol. The summed E-state index contributed by atoms with van der Waals surface area (Å²) in [6, 6.07) is -0.0145. The van der Waals surface area contributed by atoms with Gasteiger partial charge in [-0.15, -0.1) is 11.3 Å². The maximum absolute atomic E-state index is 13.3.